The largest absolute Gasteiger partial charge is 0.486 e. The summed E-state index contributed by atoms with van der Waals surface area (Å²) in [7, 11) is 1.86. The van der Waals surface area contributed by atoms with Gasteiger partial charge in [-0.3, -0.25) is 9.78 Å². The molecule has 3 heterocycles. The Morgan fingerprint density at radius 3 is 2.79 bits per heavy atom. The highest BCUT2D eigenvalue weighted by atomic mass is 16.5. The molecule has 0 unspecified atom stereocenters. The lowest BCUT2D eigenvalue weighted by Crippen LogP contribution is -2.33. The fourth-order valence-corrected chi connectivity index (χ4v) is 3.00. The van der Waals surface area contributed by atoms with Crippen LogP contribution in [0.15, 0.2) is 36.7 Å². The number of carbonyl (C=O) groups excluding carboxylic acids is 1. The fraction of sp³-hybridized carbons (Fsp3) is 0.444. The number of nitrogens with zero attached hydrogens (tertiary/aromatic N) is 3. The van der Waals surface area contributed by atoms with Crippen LogP contribution in [0.2, 0.25) is 0 Å². The van der Waals surface area contributed by atoms with Crippen LogP contribution in [0, 0.1) is 6.92 Å². The molecule has 3 rings (SSSR count). The molecular weight excluding hydrogens is 306 g/mol. The number of rotatable bonds is 3. The topological polar surface area (TPSA) is 67.6 Å². The summed E-state index contributed by atoms with van der Waals surface area (Å²) in [4.78, 5) is 18.6. The van der Waals surface area contributed by atoms with Crippen LogP contribution in [-0.2, 0) is 7.05 Å². The second-order valence-electron chi connectivity index (χ2n) is 6.18. The third kappa shape index (κ3) is 3.43. The Morgan fingerprint density at radius 2 is 2.08 bits per heavy atom. The normalized spacial score (nSPS) is 21.4. The molecular formula is C18H23N3O3. The van der Waals surface area contributed by atoms with Gasteiger partial charge >= 0.3 is 0 Å². The minimum atomic E-state index is -0.601. The molecule has 0 radical (unpaired) electrons. The minimum Gasteiger partial charge on any atom is -0.486 e. The van der Waals surface area contributed by atoms with Gasteiger partial charge in [0.2, 0.25) is 0 Å². The fourth-order valence-electron chi connectivity index (χ4n) is 3.00. The van der Waals surface area contributed by atoms with E-state index >= 15 is 0 Å². The van der Waals surface area contributed by atoms with Crippen molar-refractivity contribution in [3.63, 3.8) is 0 Å². The Morgan fingerprint density at radius 1 is 1.29 bits per heavy atom. The first-order valence-electron chi connectivity index (χ1n) is 8.23. The van der Waals surface area contributed by atoms with Gasteiger partial charge < -0.3 is 19.3 Å². The van der Waals surface area contributed by atoms with Gasteiger partial charge in [-0.25, -0.2) is 0 Å². The summed E-state index contributed by atoms with van der Waals surface area (Å²) in [6.07, 6.45) is 3.73. The minimum absolute atomic E-state index is 0.00657. The molecule has 2 atom stereocenters. The van der Waals surface area contributed by atoms with E-state index in [4.69, 9.17) is 4.74 Å². The van der Waals surface area contributed by atoms with Crippen LogP contribution in [0.5, 0.6) is 5.75 Å². The molecule has 128 valence electrons. The van der Waals surface area contributed by atoms with E-state index in [2.05, 4.69) is 4.98 Å². The van der Waals surface area contributed by atoms with Crippen LogP contribution in [0.4, 0.5) is 0 Å². The number of pyridine rings is 1. The number of ether oxygens (including phenoxy) is 1. The maximum atomic E-state index is 12.6. The Hall–Kier alpha value is -2.34. The van der Waals surface area contributed by atoms with Crippen molar-refractivity contribution in [2.75, 3.05) is 13.1 Å². The highest BCUT2D eigenvalue weighted by Crippen LogP contribution is 2.22. The van der Waals surface area contributed by atoms with E-state index in [1.807, 2.05) is 49.0 Å². The van der Waals surface area contributed by atoms with Gasteiger partial charge in [0.05, 0.1) is 11.8 Å². The van der Waals surface area contributed by atoms with Gasteiger partial charge in [0, 0.05) is 39.0 Å². The van der Waals surface area contributed by atoms with Crippen molar-refractivity contribution in [3.8, 4) is 5.75 Å². The van der Waals surface area contributed by atoms with E-state index in [1.54, 1.807) is 11.1 Å². The number of aliphatic hydroxyl groups is 1. The summed E-state index contributed by atoms with van der Waals surface area (Å²) in [5.41, 5.74) is 1.46. The second kappa shape index (κ2) is 7.05. The number of carbonyl (C=O) groups is 1. The van der Waals surface area contributed by atoms with E-state index in [0.717, 1.165) is 5.69 Å². The van der Waals surface area contributed by atoms with E-state index in [-0.39, 0.29) is 12.0 Å². The van der Waals surface area contributed by atoms with Crippen molar-refractivity contribution < 1.29 is 14.6 Å². The molecule has 6 nitrogen and oxygen atoms in total. The van der Waals surface area contributed by atoms with Crippen LogP contribution < -0.4 is 4.74 Å². The standard InChI is InChI=1S/C18H23N3O3/c1-13-16(6-3-9-19-13)24-17-8-12-21(11-7-15(17)22)18(23)14-5-4-10-20(14)2/h3-6,9-10,15,17,22H,7-8,11-12H2,1-2H3/t15-,17-/m0/s1. The third-order valence-electron chi connectivity index (χ3n) is 4.49. The first-order valence-corrected chi connectivity index (χ1v) is 8.23. The van der Waals surface area contributed by atoms with Crippen LogP contribution in [-0.4, -0.2) is 50.8 Å². The number of amides is 1. The quantitative estimate of drug-likeness (QED) is 0.932. The van der Waals surface area contributed by atoms with Crippen molar-refractivity contribution in [1.29, 1.82) is 0 Å². The molecule has 1 amide bonds. The number of aromatic nitrogens is 2. The van der Waals surface area contributed by atoms with Gasteiger partial charge in [0.1, 0.15) is 17.5 Å². The summed E-state index contributed by atoms with van der Waals surface area (Å²) < 4.78 is 7.78. The van der Waals surface area contributed by atoms with Crippen molar-refractivity contribution >= 4 is 5.91 Å². The summed E-state index contributed by atoms with van der Waals surface area (Å²) in [5, 5.41) is 10.4. The molecule has 1 fully saturated rings. The number of aliphatic hydroxyl groups excluding tert-OH is 1. The van der Waals surface area contributed by atoms with Gasteiger partial charge in [-0.1, -0.05) is 0 Å². The summed E-state index contributed by atoms with van der Waals surface area (Å²) in [5.74, 6) is 0.677. The lowest BCUT2D eigenvalue weighted by atomic mass is 10.1. The molecule has 0 aliphatic carbocycles. The molecule has 2 aromatic heterocycles. The molecule has 1 aliphatic rings. The molecule has 1 aliphatic heterocycles. The lowest BCUT2D eigenvalue weighted by Gasteiger charge is -2.22. The molecule has 0 aromatic carbocycles. The molecule has 1 N–H and O–H groups in total. The van der Waals surface area contributed by atoms with Gasteiger partial charge in [-0.05, 0) is 37.6 Å². The zero-order valence-electron chi connectivity index (χ0n) is 14.1. The highest BCUT2D eigenvalue weighted by Gasteiger charge is 2.29. The zero-order valence-corrected chi connectivity index (χ0v) is 14.1. The molecule has 0 saturated carbocycles. The van der Waals surface area contributed by atoms with Gasteiger partial charge in [-0.15, -0.1) is 0 Å². The SMILES string of the molecule is Cc1ncccc1O[C@H]1CCN(C(=O)c2cccn2C)CC[C@@H]1O. The van der Waals surface area contributed by atoms with Gasteiger partial charge in [0.25, 0.3) is 5.91 Å². The van der Waals surface area contributed by atoms with E-state index in [0.29, 0.717) is 37.4 Å². The summed E-state index contributed by atoms with van der Waals surface area (Å²) in [6.45, 7) is 2.96. The maximum Gasteiger partial charge on any atom is 0.270 e. The number of hydrogen-bond donors (Lipinski definition) is 1. The Kier molecular flexibility index (Phi) is 4.85. The second-order valence-corrected chi connectivity index (χ2v) is 6.18. The molecule has 1 saturated heterocycles. The zero-order chi connectivity index (χ0) is 17.1. The molecule has 0 spiro atoms. The Balaban J connectivity index is 1.68. The first-order chi connectivity index (χ1) is 11.6. The molecule has 24 heavy (non-hydrogen) atoms. The van der Waals surface area contributed by atoms with Gasteiger partial charge in [-0.2, -0.15) is 0 Å². The smallest absolute Gasteiger partial charge is 0.270 e. The van der Waals surface area contributed by atoms with Crippen LogP contribution >= 0.6 is 0 Å². The van der Waals surface area contributed by atoms with Gasteiger partial charge in [0.15, 0.2) is 0 Å². The Bertz CT molecular complexity index is 713. The first kappa shape index (κ1) is 16.5. The van der Waals surface area contributed by atoms with E-state index in [1.165, 1.54) is 0 Å². The summed E-state index contributed by atoms with van der Waals surface area (Å²) >= 11 is 0. The molecule has 6 heteroatoms. The van der Waals surface area contributed by atoms with Crippen molar-refractivity contribution in [1.82, 2.24) is 14.5 Å². The number of likely N-dealkylation sites (tertiary alicyclic amines) is 1. The Labute approximate surface area is 141 Å². The maximum absolute atomic E-state index is 12.6. The molecule has 0 bridgehead atoms. The van der Waals surface area contributed by atoms with Crippen LogP contribution in [0.1, 0.15) is 29.0 Å². The van der Waals surface area contributed by atoms with E-state index in [9.17, 15) is 9.90 Å². The van der Waals surface area contributed by atoms with E-state index < -0.39 is 6.10 Å². The monoisotopic (exact) mass is 329 g/mol. The highest BCUT2D eigenvalue weighted by molar-refractivity contribution is 5.92. The molecule has 2 aromatic rings. The number of aryl methyl sites for hydroxylation is 2. The average Bonchev–Trinajstić information content (AvgIpc) is 2.91. The van der Waals surface area contributed by atoms with Crippen molar-refractivity contribution in [2.24, 2.45) is 7.05 Å². The van der Waals surface area contributed by atoms with Crippen molar-refractivity contribution in [3.05, 3.63) is 48.0 Å². The van der Waals surface area contributed by atoms with Crippen molar-refractivity contribution in [2.45, 2.75) is 32.0 Å². The predicted octanol–water partition coefficient (Wildman–Crippen LogP) is 1.77. The van der Waals surface area contributed by atoms with Crippen LogP contribution in [0.25, 0.3) is 0 Å². The lowest BCUT2D eigenvalue weighted by molar-refractivity contribution is 0.0343. The predicted molar refractivity (Wildman–Crippen MR) is 89.9 cm³/mol. The summed E-state index contributed by atoms with van der Waals surface area (Å²) in [6, 6.07) is 7.34. The average molecular weight is 329 g/mol. The van der Waals surface area contributed by atoms with Crippen LogP contribution in [0.3, 0.4) is 0 Å². The number of hydrogen-bond acceptors (Lipinski definition) is 4. The third-order valence-corrected chi connectivity index (χ3v) is 4.49.